The van der Waals surface area contributed by atoms with Crippen molar-refractivity contribution in [1.29, 1.82) is 0 Å². The van der Waals surface area contributed by atoms with E-state index in [9.17, 15) is 4.79 Å². The number of carboxylic acid groups (broad SMARTS) is 1. The van der Waals surface area contributed by atoms with Crippen molar-refractivity contribution in [2.24, 2.45) is 0 Å². The molecule has 0 aromatic heterocycles. The van der Waals surface area contributed by atoms with Crippen LogP contribution in [-0.2, 0) is 27.6 Å². The van der Waals surface area contributed by atoms with Gasteiger partial charge in [-0.15, -0.1) is 0 Å². The maximum Gasteiger partial charge on any atom is 1.00 e. The summed E-state index contributed by atoms with van der Waals surface area (Å²) in [5.74, 6) is -0.812. The van der Waals surface area contributed by atoms with Crippen molar-refractivity contribution >= 4 is 22.0 Å². The van der Waals surface area contributed by atoms with Crippen molar-refractivity contribution in [2.45, 2.75) is 15.7 Å². The summed E-state index contributed by atoms with van der Waals surface area (Å²) >= 11 is -0.860. The van der Waals surface area contributed by atoms with Gasteiger partial charge in [-0.05, 0) is 0 Å². The van der Waals surface area contributed by atoms with E-state index >= 15 is 0 Å². The summed E-state index contributed by atoms with van der Waals surface area (Å²) < 4.78 is 10.2. The second-order valence-corrected chi connectivity index (χ2v) is 17.3. The topological polar surface area (TPSA) is 115 Å². The number of carbonyl (C=O) groups is 1. The fourth-order valence-electron chi connectivity index (χ4n) is 0.981. The van der Waals surface area contributed by atoms with Crippen molar-refractivity contribution in [3.8, 4) is 0 Å². The van der Waals surface area contributed by atoms with Gasteiger partial charge in [0.25, 0.3) is 0 Å². The van der Waals surface area contributed by atoms with Crippen LogP contribution in [0.2, 0.25) is 3.93 Å². The third kappa shape index (κ3) is 13.8. The van der Waals surface area contributed by atoms with Gasteiger partial charge in [0.1, 0.15) is 0 Å². The molecule has 1 rings (SSSR count). The molecule has 0 atom stereocenters. The molecule has 0 radical (unpaired) electrons. The van der Waals surface area contributed by atoms with Crippen LogP contribution in [0.15, 0.2) is 29.2 Å². The molecule has 0 saturated heterocycles. The molecule has 0 unspecified atom stereocenters. The molecule has 0 heterocycles. The summed E-state index contributed by atoms with van der Waals surface area (Å²) in [4.78, 5) is 33.3. The Bertz CT molecular complexity index is 438. The zero-order chi connectivity index (χ0) is 14.2. The van der Waals surface area contributed by atoms with Crippen LogP contribution >= 0.6 is 16.1 Å². The molecule has 0 aliphatic heterocycles. The average Bonchev–Trinajstić information content (AvgIpc) is 2.24. The molecular weight excluding hydrogens is 491 g/mol. The molecule has 0 aliphatic carbocycles. The van der Waals surface area contributed by atoms with Gasteiger partial charge in [-0.25, -0.2) is 4.57 Å². The number of hydrogen-bond acceptors (Lipinski definition) is 3. The van der Waals surface area contributed by atoms with E-state index in [0.717, 1.165) is 4.90 Å². The van der Waals surface area contributed by atoms with Crippen molar-refractivity contribution in [3.05, 3.63) is 29.8 Å². The summed E-state index contributed by atoms with van der Waals surface area (Å²) in [6.07, 6.45) is 0. The van der Waals surface area contributed by atoms with Crippen LogP contribution in [0.4, 0.5) is 0 Å². The zero-order valence-electron chi connectivity index (χ0n) is 11.7. The summed E-state index contributed by atoms with van der Waals surface area (Å²) in [5, 5.41) is 8.88. The van der Waals surface area contributed by atoms with Crippen LogP contribution in [0.5, 0.6) is 0 Å². The molecular formula is C9H14HgNaO6PS. The van der Waals surface area contributed by atoms with Crippen molar-refractivity contribution in [2.75, 3.05) is 0 Å². The molecule has 0 fully saturated rings. The zero-order valence-corrected chi connectivity index (χ0v) is 19.9. The Kier molecular flexibility index (Phi) is 13.8. The fourth-order valence-corrected chi connectivity index (χ4v) is 9.77. The van der Waals surface area contributed by atoms with Gasteiger partial charge >= 0.3 is 130 Å². The van der Waals surface area contributed by atoms with E-state index in [1.807, 2.05) is 20.4 Å². The first kappa shape index (κ1) is 22.4. The van der Waals surface area contributed by atoms with E-state index in [1.54, 1.807) is 12.1 Å². The first-order valence-corrected chi connectivity index (χ1v) is 18.2. The van der Waals surface area contributed by atoms with Gasteiger partial charge < -0.3 is 16.1 Å². The van der Waals surface area contributed by atoms with Crippen LogP contribution in [0, 0.1) is 0 Å². The van der Waals surface area contributed by atoms with Crippen LogP contribution in [0.25, 0.3) is 0 Å². The SMILES string of the molecule is C[CH2][Hg][S]c1ccccc1C(=O)O.O=P(O)(O)O.[H-].[Na+]. The molecule has 1 aromatic carbocycles. The number of benzene rings is 1. The van der Waals surface area contributed by atoms with E-state index in [-0.39, 0.29) is 31.0 Å². The van der Waals surface area contributed by atoms with Gasteiger partial charge in [-0.2, -0.15) is 0 Å². The van der Waals surface area contributed by atoms with Crippen molar-refractivity contribution in [1.82, 2.24) is 0 Å². The van der Waals surface area contributed by atoms with Gasteiger partial charge in [-0.1, -0.05) is 0 Å². The molecule has 0 aliphatic rings. The molecule has 100 valence electrons. The van der Waals surface area contributed by atoms with Crippen LogP contribution in [0.3, 0.4) is 0 Å². The number of phosphoric acid groups is 1. The van der Waals surface area contributed by atoms with Gasteiger partial charge in [0.2, 0.25) is 0 Å². The first-order chi connectivity index (χ1) is 8.25. The minimum atomic E-state index is -4.64. The Morgan fingerprint density at radius 1 is 1.37 bits per heavy atom. The van der Waals surface area contributed by atoms with E-state index in [4.69, 9.17) is 24.4 Å². The van der Waals surface area contributed by atoms with E-state index in [2.05, 4.69) is 6.92 Å². The summed E-state index contributed by atoms with van der Waals surface area (Å²) in [7, 11) is -2.82. The number of aromatic carboxylic acids is 1. The predicted octanol–water partition coefficient (Wildman–Crippen LogP) is -0.900. The fraction of sp³-hybridized carbons (Fsp3) is 0.222. The molecule has 6 nitrogen and oxygen atoms in total. The molecule has 10 heteroatoms. The van der Waals surface area contributed by atoms with Crippen LogP contribution in [-0.4, -0.2) is 25.8 Å². The number of carboxylic acids is 1. The second kappa shape index (κ2) is 11.7. The quantitative estimate of drug-likeness (QED) is 0.310. The third-order valence-corrected chi connectivity index (χ3v) is 13.6. The Morgan fingerprint density at radius 3 is 2.26 bits per heavy atom. The molecule has 0 saturated carbocycles. The number of rotatable bonds is 4. The normalized spacial score (nSPS) is 9.47. The second-order valence-electron chi connectivity index (χ2n) is 3.16. The van der Waals surface area contributed by atoms with E-state index in [0.29, 0.717) is 5.56 Å². The summed E-state index contributed by atoms with van der Waals surface area (Å²) in [5.41, 5.74) is 0.459. The van der Waals surface area contributed by atoms with Crippen molar-refractivity contribution in [3.63, 3.8) is 0 Å². The van der Waals surface area contributed by atoms with Crippen molar-refractivity contribution < 1.29 is 83.2 Å². The minimum absolute atomic E-state index is 0. The maximum absolute atomic E-state index is 10.8. The predicted molar refractivity (Wildman–Crippen MR) is 65.1 cm³/mol. The number of hydrogen-bond donors (Lipinski definition) is 4. The summed E-state index contributed by atoms with van der Waals surface area (Å²) in [6, 6.07) is 7.26. The van der Waals surface area contributed by atoms with E-state index in [1.165, 1.54) is 3.93 Å². The van der Waals surface area contributed by atoms with Crippen LogP contribution < -0.4 is 29.6 Å². The van der Waals surface area contributed by atoms with Gasteiger partial charge in [0.15, 0.2) is 0 Å². The Hall–Kier alpha value is 1.09. The molecule has 0 amide bonds. The maximum atomic E-state index is 10.8. The van der Waals surface area contributed by atoms with E-state index < -0.39 is 36.9 Å². The molecule has 0 spiro atoms. The molecule has 0 bridgehead atoms. The van der Waals surface area contributed by atoms with Crippen LogP contribution in [0.1, 0.15) is 18.7 Å². The Balaban J connectivity index is -0.000000361. The monoisotopic (exact) mass is 506 g/mol. The van der Waals surface area contributed by atoms with Gasteiger partial charge in [0.05, 0.1) is 0 Å². The Labute approximate surface area is 149 Å². The molecule has 1 aromatic rings. The Morgan fingerprint density at radius 2 is 1.84 bits per heavy atom. The standard InChI is InChI=1S/C7H6O2S.C2H5.Hg.Na.H3O4P.H/c8-7(9)5-3-1-2-4-6(5)10;1-2;;;1-5(2,3)4;/h1-4,10H,(H,8,9);1H2,2H3;;;(H3,1,2,3,4);/q;;2*+1;;-1/p-1. The van der Waals surface area contributed by atoms with Gasteiger partial charge in [0, 0.05) is 0 Å². The average molecular weight is 505 g/mol. The van der Waals surface area contributed by atoms with Gasteiger partial charge in [-0.3, -0.25) is 0 Å². The largest absolute Gasteiger partial charge is 1.00 e. The summed E-state index contributed by atoms with van der Waals surface area (Å²) in [6.45, 7) is 2.18. The first-order valence-electron chi connectivity index (χ1n) is 4.99. The molecule has 4 N–H and O–H groups in total. The smallest absolute Gasteiger partial charge is 1.00 e. The minimum Gasteiger partial charge on any atom is -1.00 e. The molecule has 19 heavy (non-hydrogen) atoms. The third-order valence-electron chi connectivity index (χ3n) is 1.58.